The van der Waals surface area contributed by atoms with Gasteiger partial charge in [0.15, 0.2) is 0 Å². The molecule has 1 aliphatic carbocycles. The minimum Gasteiger partial charge on any atom is -0.397 e. The number of nitrogens with two attached hydrogens (primary N) is 1. The lowest BCUT2D eigenvalue weighted by molar-refractivity contribution is 0.238. The highest BCUT2D eigenvalue weighted by molar-refractivity contribution is 5.95. The Kier molecular flexibility index (Phi) is 5.72. The van der Waals surface area contributed by atoms with Crippen molar-refractivity contribution in [1.29, 1.82) is 0 Å². The molecule has 0 saturated heterocycles. The van der Waals surface area contributed by atoms with Crippen molar-refractivity contribution in [3.05, 3.63) is 66.2 Å². The van der Waals surface area contributed by atoms with Crippen LogP contribution in [0.5, 0.6) is 0 Å². The van der Waals surface area contributed by atoms with Crippen LogP contribution in [-0.2, 0) is 6.54 Å². The Labute approximate surface area is 194 Å². The Morgan fingerprint density at radius 2 is 2.03 bits per heavy atom. The summed E-state index contributed by atoms with van der Waals surface area (Å²) in [7, 11) is 0. The molecule has 5 rings (SSSR count). The van der Waals surface area contributed by atoms with Gasteiger partial charge in [0.25, 0.3) is 0 Å². The summed E-state index contributed by atoms with van der Waals surface area (Å²) in [6.45, 7) is 5.09. The molecule has 2 atom stereocenters. The SMILES string of the molecule is Cc1cnc(N[C@@H]2CCC[C@](C)(NCc3ccc(N)cn3)C2)nc1-c1c[nH]c2ccccc12. The third kappa shape index (κ3) is 4.68. The first-order valence-electron chi connectivity index (χ1n) is 11.6. The number of para-hydroxylation sites is 1. The van der Waals surface area contributed by atoms with Crippen molar-refractivity contribution in [3.63, 3.8) is 0 Å². The molecule has 0 bridgehead atoms. The number of benzene rings is 1. The molecule has 7 nitrogen and oxygen atoms in total. The van der Waals surface area contributed by atoms with Crippen LogP contribution in [0.4, 0.5) is 11.6 Å². The van der Waals surface area contributed by atoms with Gasteiger partial charge in [-0.1, -0.05) is 18.2 Å². The van der Waals surface area contributed by atoms with Gasteiger partial charge in [-0.2, -0.15) is 0 Å². The lowest BCUT2D eigenvalue weighted by atomic mass is 9.80. The Morgan fingerprint density at radius 1 is 1.15 bits per heavy atom. The zero-order valence-corrected chi connectivity index (χ0v) is 19.2. The number of fused-ring (bicyclic) bond motifs is 1. The van der Waals surface area contributed by atoms with E-state index in [1.54, 1.807) is 6.20 Å². The highest BCUT2D eigenvalue weighted by Gasteiger charge is 2.32. The van der Waals surface area contributed by atoms with Crippen molar-refractivity contribution in [1.82, 2.24) is 25.3 Å². The van der Waals surface area contributed by atoms with E-state index >= 15 is 0 Å². The molecule has 3 heterocycles. The van der Waals surface area contributed by atoms with Crippen LogP contribution >= 0.6 is 0 Å². The second-order valence-electron chi connectivity index (χ2n) is 9.41. The maximum atomic E-state index is 5.76. The van der Waals surface area contributed by atoms with E-state index in [2.05, 4.69) is 57.6 Å². The van der Waals surface area contributed by atoms with Crippen molar-refractivity contribution < 1.29 is 0 Å². The van der Waals surface area contributed by atoms with E-state index in [0.717, 1.165) is 60.3 Å². The first-order valence-corrected chi connectivity index (χ1v) is 11.6. The summed E-state index contributed by atoms with van der Waals surface area (Å²) in [5.41, 5.74) is 11.7. The van der Waals surface area contributed by atoms with E-state index in [9.17, 15) is 0 Å². The third-order valence-corrected chi connectivity index (χ3v) is 6.67. The standard InChI is InChI=1S/C26H31N7/c1-17-13-30-25(33-24(17)22-16-29-23-8-4-3-7-21(22)23)32-19-6-5-11-26(2,12-19)31-15-20-10-9-18(27)14-28-20/h3-4,7-10,13-14,16,19,29,31H,5-6,11-12,15,27H2,1-2H3,(H,30,32,33)/t19-,26+/m1/s1. The summed E-state index contributed by atoms with van der Waals surface area (Å²) in [5.74, 6) is 0.690. The number of rotatable bonds is 6. The topological polar surface area (TPSA) is 105 Å². The lowest BCUT2D eigenvalue weighted by Crippen LogP contribution is -2.48. The molecule has 0 aliphatic heterocycles. The number of nitrogens with zero attached hydrogens (tertiary/aromatic N) is 3. The van der Waals surface area contributed by atoms with Crippen molar-refractivity contribution in [2.75, 3.05) is 11.1 Å². The molecule has 1 saturated carbocycles. The molecular weight excluding hydrogens is 410 g/mol. The van der Waals surface area contributed by atoms with Crippen LogP contribution in [-0.4, -0.2) is 31.5 Å². The lowest BCUT2D eigenvalue weighted by Gasteiger charge is -2.39. The molecule has 0 unspecified atom stereocenters. The van der Waals surface area contributed by atoms with Gasteiger partial charge in [0.2, 0.25) is 5.95 Å². The minimum atomic E-state index is 0.0311. The van der Waals surface area contributed by atoms with Gasteiger partial charge in [0.05, 0.1) is 23.3 Å². The molecule has 33 heavy (non-hydrogen) atoms. The fourth-order valence-electron chi connectivity index (χ4n) is 4.85. The first kappa shape index (κ1) is 21.4. The van der Waals surface area contributed by atoms with Crippen LogP contribution in [0.15, 0.2) is 55.0 Å². The van der Waals surface area contributed by atoms with Crippen LogP contribution in [0, 0.1) is 6.92 Å². The monoisotopic (exact) mass is 441 g/mol. The summed E-state index contributed by atoms with van der Waals surface area (Å²) in [6, 6.07) is 12.5. The molecule has 5 N–H and O–H groups in total. The Morgan fingerprint density at radius 3 is 2.88 bits per heavy atom. The van der Waals surface area contributed by atoms with E-state index in [-0.39, 0.29) is 5.54 Å². The molecule has 170 valence electrons. The third-order valence-electron chi connectivity index (χ3n) is 6.67. The summed E-state index contributed by atoms with van der Waals surface area (Å²) in [4.78, 5) is 17.3. The van der Waals surface area contributed by atoms with Gasteiger partial charge in [-0.3, -0.25) is 4.98 Å². The van der Waals surface area contributed by atoms with Crippen LogP contribution in [0.25, 0.3) is 22.2 Å². The molecule has 0 amide bonds. The summed E-state index contributed by atoms with van der Waals surface area (Å²) >= 11 is 0. The van der Waals surface area contributed by atoms with Crippen molar-refractivity contribution in [3.8, 4) is 11.3 Å². The van der Waals surface area contributed by atoms with E-state index in [1.807, 2.05) is 30.6 Å². The number of nitrogen functional groups attached to an aromatic ring is 1. The fourth-order valence-corrected chi connectivity index (χ4v) is 4.85. The van der Waals surface area contributed by atoms with Gasteiger partial charge in [0.1, 0.15) is 0 Å². The van der Waals surface area contributed by atoms with Crippen LogP contribution in [0.3, 0.4) is 0 Å². The predicted octanol–water partition coefficient (Wildman–Crippen LogP) is 4.81. The van der Waals surface area contributed by atoms with Gasteiger partial charge < -0.3 is 21.4 Å². The number of nitrogens with one attached hydrogen (secondary N) is 3. The number of aromatic nitrogens is 4. The maximum absolute atomic E-state index is 5.76. The predicted molar refractivity (Wildman–Crippen MR) is 134 cm³/mol. The highest BCUT2D eigenvalue weighted by atomic mass is 15.1. The van der Waals surface area contributed by atoms with Crippen LogP contribution in [0.1, 0.15) is 43.9 Å². The van der Waals surface area contributed by atoms with Crippen LogP contribution < -0.4 is 16.4 Å². The smallest absolute Gasteiger partial charge is 0.223 e. The zero-order chi connectivity index (χ0) is 22.8. The van der Waals surface area contributed by atoms with Crippen molar-refractivity contribution in [2.24, 2.45) is 0 Å². The average Bonchev–Trinajstić information content (AvgIpc) is 3.24. The molecular formula is C26H31N7. The second kappa shape index (κ2) is 8.83. The number of pyridine rings is 1. The Hall–Kier alpha value is -3.45. The number of aryl methyl sites for hydroxylation is 1. The molecule has 7 heteroatoms. The minimum absolute atomic E-state index is 0.0311. The van der Waals surface area contributed by atoms with E-state index in [1.165, 1.54) is 5.39 Å². The number of anilines is 2. The normalized spacial score (nSPS) is 20.7. The number of aromatic amines is 1. The molecule has 4 aromatic rings. The number of hydrogen-bond donors (Lipinski definition) is 4. The molecule has 1 aliphatic rings. The van der Waals surface area contributed by atoms with E-state index in [4.69, 9.17) is 10.7 Å². The quantitative estimate of drug-likeness (QED) is 0.342. The van der Waals surface area contributed by atoms with E-state index in [0.29, 0.717) is 17.7 Å². The zero-order valence-electron chi connectivity index (χ0n) is 19.2. The highest BCUT2D eigenvalue weighted by Crippen LogP contribution is 2.32. The van der Waals surface area contributed by atoms with Crippen molar-refractivity contribution >= 4 is 22.5 Å². The Bertz CT molecular complexity index is 1250. The van der Waals surface area contributed by atoms with Gasteiger partial charge in [-0.15, -0.1) is 0 Å². The molecule has 1 aromatic carbocycles. The van der Waals surface area contributed by atoms with Crippen molar-refractivity contribution in [2.45, 2.75) is 57.7 Å². The number of hydrogen-bond acceptors (Lipinski definition) is 6. The summed E-state index contributed by atoms with van der Waals surface area (Å²) in [6.07, 6.45) is 10.1. The van der Waals surface area contributed by atoms with Gasteiger partial charge in [-0.25, -0.2) is 9.97 Å². The summed E-state index contributed by atoms with van der Waals surface area (Å²) in [5, 5.41) is 8.52. The summed E-state index contributed by atoms with van der Waals surface area (Å²) < 4.78 is 0. The van der Waals surface area contributed by atoms with Gasteiger partial charge >= 0.3 is 0 Å². The van der Waals surface area contributed by atoms with Crippen LogP contribution in [0.2, 0.25) is 0 Å². The van der Waals surface area contributed by atoms with E-state index < -0.39 is 0 Å². The second-order valence-corrected chi connectivity index (χ2v) is 9.41. The fraction of sp³-hybridized carbons (Fsp3) is 0.346. The molecule has 3 aromatic heterocycles. The molecule has 1 fully saturated rings. The van der Waals surface area contributed by atoms with Gasteiger partial charge in [0, 0.05) is 47.0 Å². The van der Waals surface area contributed by atoms with Gasteiger partial charge in [-0.05, 0) is 63.3 Å². The number of H-pyrrole nitrogens is 1. The maximum Gasteiger partial charge on any atom is 0.223 e. The average molecular weight is 442 g/mol. The largest absolute Gasteiger partial charge is 0.397 e. The molecule has 0 radical (unpaired) electrons. The first-order chi connectivity index (χ1) is 16.0. The Balaban J connectivity index is 1.30. The molecule has 0 spiro atoms.